The number of hydrogen-bond acceptors (Lipinski definition) is 4. The third-order valence-electron chi connectivity index (χ3n) is 5.61. The van der Waals surface area contributed by atoms with Crippen molar-refractivity contribution in [2.45, 2.75) is 0 Å². The molecule has 0 saturated carbocycles. The molecule has 8 heteroatoms. The third-order valence-corrected chi connectivity index (χ3v) is 5.61. The van der Waals surface area contributed by atoms with Crippen molar-refractivity contribution in [2.24, 2.45) is 0 Å². The number of fused-ring (bicyclic) bond motifs is 1. The standard InChI is InChI=1S/C28H20FN3O4/c29-19-11-13-20(14-12-19)30-26(33)17-36-25-15-10-18-6-4-5-9-22(18)23(25)16-24-27(34)31-32(28(24)35)21-7-2-1-3-8-21/h1-16H,17H2,(H,30,33)(H,31,34)/b24-16-. The van der Waals surface area contributed by atoms with Crippen LogP contribution in [0.3, 0.4) is 0 Å². The maximum atomic E-state index is 13.1. The Hall–Kier alpha value is -4.98. The second-order valence-corrected chi connectivity index (χ2v) is 8.02. The number of para-hydroxylation sites is 1. The van der Waals surface area contributed by atoms with Gasteiger partial charge in [0.15, 0.2) is 6.61 Å². The second kappa shape index (κ2) is 9.71. The fourth-order valence-electron chi connectivity index (χ4n) is 3.88. The molecule has 4 aromatic carbocycles. The molecular weight excluding hydrogens is 461 g/mol. The van der Waals surface area contributed by atoms with Gasteiger partial charge in [-0.25, -0.2) is 9.40 Å². The van der Waals surface area contributed by atoms with Crippen molar-refractivity contribution in [1.82, 2.24) is 5.43 Å². The molecule has 0 radical (unpaired) electrons. The number of benzene rings is 4. The van der Waals surface area contributed by atoms with E-state index in [1.807, 2.05) is 36.4 Å². The smallest absolute Gasteiger partial charge is 0.282 e. The number of nitrogens with zero attached hydrogens (tertiary/aromatic N) is 1. The minimum absolute atomic E-state index is 0.0594. The fourth-order valence-corrected chi connectivity index (χ4v) is 3.88. The molecule has 1 aliphatic heterocycles. The van der Waals surface area contributed by atoms with Crippen molar-refractivity contribution in [2.75, 3.05) is 16.9 Å². The number of carbonyl (C=O) groups is 3. The van der Waals surface area contributed by atoms with E-state index in [1.54, 1.807) is 30.3 Å². The minimum atomic E-state index is -0.545. The third kappa shape index (κ3) is 4.65. The van der Waals surface area contributed by atoms with Crippen molar-refractivity contribution < 1.29 is 23.5 Å². The molecule has 3 amide bonds. The number of amides is 3. The van der Waals surface area contributed by atoms with E-state index in [4.69, 9.17) is 4.74 Å². The van der Waals surface area contributed by atoms with Crippen LogP contribution < -0.4 is 20.5 Å². The van der Waals surface area contributed by atoms with Crippen LogP contribution in [0, 0.1) is 5.82 Å². The zero-order valence-corrected chi connectivity index (χ0v) is 18.9. The van der Waals surface area contributed by atoms with Crippen LogP contribution >= 0.6 is 0 Å². The van der Waals surface area contributed by atoms with Gasteiger partial charge in [0.2, 0.25) is 0 Å². The quantitative estimate of drug-likeness (QED) is 0.315. The summed E-state index contributed by atoms with van der Waals surface area (Å²) in [5.41, 5.74) is 3.99. The maximum Gasteiger partial charge on any atom is 0.282 e. The molecule has 1 saturated heterocycles. The summed E-state index contributed by atoms with van der Waals surface area (Å²) in [5.74, 6) is -1.57. The monoisotopic (exact) mass is 481 g/mol. The van der Waals surface area contributed by atoms with E-state index in [-0.39, 0.29) is 12.2 Å². The van der Waals surface area contributed by atoms with Gasteiger partial charge in [0.05, 0.1) is 5.69 Å². The van der Waals surface area contributed by atoms with Crippen molar-refractivity contribution in [3.05, 3.63) is 108 Å². The predicted octanol–water partition coefficient (Wildman–Crippen LogP) is 4.46. The van der Waals surface area contributed by atoms with Crippen LogP contribution in [-0.2, 0) is 14.4 Å². The molecule has 36 heavy (non-hydrogen) atoms. The average Bonchev–Trinajstić information content (AvgIpc) is 3.18. The van der Waals surface area contributed by atoms with Crippen LogP contribution in [0.15, 0.2) is 96.6 Å². The van der Waals surface area contributed by atoms with Gasteiger partial charge < -0.3 is 10.1 Å². The first-order valence-electron chi connectivity index (χ1n) is 11.1. The largest absolute Gasteiger partial charge is 0.483 e. The summed E-state index contributed by atoms with van der Waals surface area (Å²) in [5, 5.41) is 5.45. The normalized spacial score (nSPS) is 14.2. The fraction of sp³-hybridized carbons (Fsp3) is 0.0357. The Kier molecular flexibility index (Phi) is 6.15. The Morgan fingerprint density at radius 2 is 1.64 bits per heavy atom. The minimum Gasteiger partial charge on any atom is -0.483 e. The molecule has 7 nitrogen and oxygen atoms in total. The lowest BCUT2D eigenvalue weighted by Crippen LogP contribution is -2.35. The first kappa shape index (κ1) is 22.8. The van der Waals surface area contributed by atoms with Gasteiger partial charge in [0.1, 0.15) is 17.1 Å². The van der Waals surface area contributed by atoms with E-state index >= 15 is 0 Å². The summed E-state index contributed by atoms with van der Waals surface area (Å²) >= 11 is 0. The molecule has 5 rings (SSSR count). The Balaban J connectivity index is 1.44. The van der Waals surface area contributed by atoms with Crippen LogP contribution in [-0.4, -0.2) is 24.3 Å². The molecule has 178 valence electrons. The van der Waals surface area contributed by atoms with Gasteiger partial charge in [-0.2, -0.15) is 0 Å². The molecule has 0 unspecified atom stereocenters. The van der Waals surface area contributed by atoms with Gasteiger partial charge >= 0.3 is 0 Å². The molecule has 1 heterocycles. The van der Waals surface area contributed by atoms with E-state index < -0.39 is 23.5 Å². The number of hydrazine groups is 1. The van der Waals surface area contributed by atoms with Crippen LogP contribution in [0.25, 0.3) is 16.8 Å². The van der Waals surface area contributed by atoms with E-state index in [2.05, 4.69) is 10.7 Å². The van der Waals surface area contributed by atoms with Crippen molar-refractivity contribution >= 4 is 45.9 Å². The highest BCUT2D eigenvalue weighted by Crippen LogP contribution is 2.32. The molecule has 4 aromatic rings. The van der Waals surface area contributed by atoms with Crippen LogP contribution in [0.2, 0.25) is 0 Å². The van der Waals surface area contributed by atoms with Crippen LogP contribution in [0.4, 0.5) is 15.8 Å². The summed E-state index contributed by atoms with van der Waals surface area (Å²) in [4.78, 5) is 38.3. The van der Waals surface area contributed by atoms with Gasteiger partial charge in [0.25, 0.3) is 17.7 Å². The first-order chi connectivity index (χ1) is 17.5. The lowest BCUT2D eigenvalue weighted by Gasteiger charge is -2.14. The molecule has 1 fully saturated rings. The Morgan fingerprint density at radius 3 is 2.42 bits per heavy atom. The molecule has 0 aliphatic carbocycles. The number of anilines is 2. The maximum absolute atomic E-state index is 13.1. The van der Waals surface area contributed by atoms with E-state index in [9.17, 15) is 18.8 Å². The first-order valence-corrected chi connectivity index (χ1v) is 11.1. The number of nitrogens with one attached hydrogen (secondary N) is 2. The highest BCUT2D eigenvalue weighted by Gasteiger charge is 2.34. The molecule has 1 aliphatic rings. The lowest BCUT2D eigenvalue weighted by molar-refractivity contribution is -0.118. The van der Waals surface area contributed by atoms with Crippen molar-refractivity contribution in [3.63, 3.8) is 0 Å². The summed E-state index contributed by atoms with van der Waals surface area (Å²) in [7, 11) is 0. The van der Waals surface area contributed by atoms with Crippen LogP contribution in [0.5, 0.6) is 5.75 Å². The van der Waals surface area contributed by atoms with E-state index in [1.165, 1.54) is 35.4 Å². The Bertz CT molecular complexity index is 1500. The van der Waals surface area contributed by atoms with Gasteiger partial charge in [-0.1, -0.05) is 48.5 Å². The lowest BCUT2D eigenvalue weighted by atomic mass is 10.0. The summed E-state index contributed by atoms with van der Waals surface area (Å²) in [6.07, 6.45) is 1.48. The molecule has 2 N–H and O–H groups in total. The topological polar surface area (TPSA) is 87.7 Å². The van der Waals surface area contributed by atoms with Crippen molar-refractivity contribution in [3.8, 4) is 5.75 Å². The van der Waals surface area contributed by atoms with Gasteiger partial charge in [0, 0.05) is 11.3 Å². The number of carbonyl (C=O) groups excluding carboxylic acids is 3. The van der Waals surface area contributed by atoms with Gasteiger partial charge in [-0.05, 0) is 59.3 Å². The molecular formula is C28H20FN3O4. The summed E-state index contributed by atoms with van der Waals surface area (Å²) in [6.45, 7) is -0.331. The number of hydrogen-bond donors (Lipinski definition) is 2. The second-order valence-electron chi connectivity index (χ2n) is 8.02. The zero-order chi connectivity index (χ0) is 25.1. The zero-order valence-electron chi connectivity index (χ0n) is 18.9. The highest BCUT2D eigenvalue weighted by atomic mass is 19.1. The van der Waals surface area contributed by atoms with Gasteiger partial charge in [-0.15, -0.1) is 0 Å². The Morgan fingerprint density at radius 1 is 0.917 bits per heavy atom. The van der Waals surface area contributed by atoms with E-state index in [0.29, 0.717) is 22.7 Å². The predicted molar refractivity (Wildman–Crippen MR) is 135 cm³/mol. The van der Waals surface area contributed by atoms with Crippen LogP contribution in [0.1, 0.15) is 5.56 Å². The average molecular weight is 481 g/mol. The summed E-state index contributed by atoms with van der Waals surface area (Å²) in [6, 6.07) is 25.1. The van der Waals surface area contributed by atoms with Gasteiger partial charge in [-0.3, -0.25) is 19.8 Å². The number of ether oxygens (including phenoxy) is 1. The molecule has 0 aromatic heterocycles. The SMILES string of the molecule is O=C(COc1ccc2ccccc2c1/C=C1/C(=O)NN(c2ccccc2)C1=O)Nc1ccc(F)cc1. The molecule has 0 spiro atoms. The highest BCUT2D eigenvalue weighted by molar-refractivity contribution is 6.32. The molecule has 0 atom stereocenters. The summed E-state index contributed by atoms with van der Waals surface area (Å²) < 4.78 is 18.9. The molecule has 0 bridgehead atoms. The number of rotatable bonds is 6. The van der Waals surface area contributed by atoms with Crippen molar-refractivity contribution in [1.29, 1.82) is 0 Å². The number of halogens is 1. The van der Waals surface area contributed by atoms with E-state index in [0.717, 1.165) is 10.8 Å². The Labute approximate surface area is 205 Å².